The molecule has 1 atom stereocenters. The van der Waals surface area contributed by atoms with E-state index in [1.807, 2.05) is 36.4 Å². The molecule has 96 valence electrons. The van der Waals surface area contributed by atoms with Crippen LogP contribution in [-0.2, 0) is 11.3 Å². The molecule has 2 N–H and O–H groups in total. The number of aromatic nitrogens is 1. The van der Waals surface area contributed by atoms with Crippen molar-refractivity contribution in [3.8, 4) is 0 Å². The monoisotopic (exact) mass is 317 g/mol. The van der Waals surface area contributed by atoms with E-state index in [4.69, 9.17) is 0 Å². The summed E-state index contributed by atoms with van der Waals surface area (Å²) < 4.78 is 0.932. The number of carbonyl (C=O) groups excluding carboxylic acids is 1. The molecule has 0 saturated heterocycles. The highest BCUT2D eigenvalue weighted by Crippen LogP contribution is 2.36. The molecule has 19 heavy (non-hydrogen) atoms. The molecule has 3 rings (SSSR count). The molecule has 1 amide bonds. The molecule has 2 heterocycles. The third-order valence-electron chi connectivity index (χ3n) is 3.08. The van der Waals surface area contributed by atoms with Crippen molar-refractivity contribution in [2.24, 2.45) is 0 Å². The van der Waals surface area contributed by atoms with Crippen LogP contribution in [-0.4, -0.2) is 10.9 Å². The van der Waals surface area contributed by atoms with Crippen LogP contribution in [0.25, 0.3) is 0 Å². The first-order valence-corrected chi connectivity index (χ1v) is 6.77. The van der Waals surface area contributed by atoms with Crippen molar-refractivity contribution in [3.63, 3.8) is 0 Å². The van der Waals surface area contributed by atoms with Crippen LogP contribution in [0.4, 0.5) is 5.69 Å². The van der Waals surface area contributed by atoms with E-state index in [-0.39, 0.29) is 11.9 Å². The summed E-state index contributed by atoms with van der Waals surface area (Å²) in [5, 5.41) is 6.11. The normalized spacial score (nSPS) is 17.1. The molecule has 1 aliphatic rings. The van der Waals surface area contributed by atoms with Gasteiger partial charge in [0, 0.05) is 28.5 Å². The molecule has 1 aromatic heterocycles. The number of pyridine rings is 1. The number of fused-ring (bicyclic) bond motifs is 1. The van der Waals surface area contributed by atoms with Gasteiger partial charge in [-0.25, -0.2) is 0 Å². The van der Waals surface area contributed by atoms with Gasteiger partial charge in [-0.1, -0.05) is 28.1 Å². The lowest BCUT2D eigenvalue weighted by atomic mass is 10.1. The third-order valence-corrected chi connectivity index (χ3v) is 3.77. The van der Waals surface area contributed by atoms with E-state index in [0.29, 0.717) is 6.54 Å². The Hall–Kier alpha value is -1.72. The van der Waals surface area contributed by atoms with Gasteiger partial charge in [0.2, 0.25) is 5.91 Å². The summed E-state index contributed by atoms with van der Waals surface area (Å²) >= 11 is 3.49. The molecule has 2 aromatic rings. The highest BCUT2D eigenvalue weighted by Gasteiger charge is 2.31. The van der Waals surface area contributed by atoms with E-state index in [0.717, 1.165) is 21.4 Å². The van der Waals surface area contributed by atoms with Crippen LogP contribution < -0.4 is 10.6 Å². The lowest BCUT2D eigenvalue weighted by Crippen LogP contribution is -2.27. The fourth-order valence-corrected chi connectivity index (χ4v) is 2.77. The average molecular weight is 318 g/mol. The number of nitrogens with zero attached hydrogens (tertiary/aromatic N) is 1. The van der Waals surface area contributed by atoms with Gasteiger partial charge in [0.15, 0.2) is 0 Å². The maximum Gasteiger partial charge on any atom is 0.246 e. The third kappa shape index (κ3) is 2.39. The Morgan fingerprint density at radius 2 is 2.16 bits per heavy atom. The molecule has 1 unspecified atom stereocenters. The van der Waals surface area contributed by atoms with E-state index in [2.05, 4.69) is 31.5 Å². The molecule has 0 radical (unpaired) electrons. The van der Waals surface area contributed by atoms with Crippen LogP contribution in [0.2, 0.25) is 0 Å². The van der Waals surface area contributed by atoms with E-state index in [9.17, 15) is 4.79 Å². The zero-order valence-electron chi connectivity index (χ0n) is 10.1. The fraction of sp³-hybridized carbons (Fsp3) is 0.143. The zero-order valence-corrected chi connectivity index (χ0v) is 11.6. The quantitative estimate of drug-likeness (QED) is 0.915. The SMILES string of the molecule is O=C1Nc2cccc(Br)c2C1NCc1ccccn1. The van der Waals surface area contributed by atoms with Crippen molar-refractivity contribution < 1.29 is 4.79 Å². The van der Waals surface area contributed by atoms with Gasteiger partial charge >= 0.3 is 0 Å². The molecule has 0 aliphatic carbocycles. The molecule has 5 heteroatoms. The number of nitrogens with one attached hydrogen (secondary N) is 2. The Balaban J connectivity index is 1.81. The van der Waals surface area contributed by atoms with E-state index >= 15 is 0 Å². The molecule has 4 nitrogen and oxygen atoms in total. The summed E-state index contributed by atoms with van der Waals surface area (Å²) in [5.74, 6) is -0.0298. The Labute approximate surface area is 119 Å². The number of amides is 1. The smallest absolute Gasteiger partial charge is 0.246 e. The highest BCUT2D eigenvalue weighted by molar-refractivity contribution is 9.10. The van der Waals surface area contributed by atoms with E-state index in [1.54, 1.807) is 6.20 Å². The molecule has 1 aliphatic heterocycles. The van der Waals surface area contributed by atoms with Crippen molar-refractivity contribution in [1.82, 2.24) is 10.3 Å². The molecule has 0 saturated carbocycles. The van der Waals surface area contributed by atoms with Crippen LogP contribution in [0.1, 0.15) is 17.3 Å². The number of anilines is 1. The van der Waals surface area contributed by atoms with Crippen LogP contribution in [0, 0.1) is 0 Å². The van der Waals surface area contributed by atoms with Gasteiger partial charge in [0.1, 0.15) is 6.04 Å². The Kier molecular flexibility index (Phi) is 3.31. The summed E-state index contributed by atoms with van der Waals surface area (Å²) in [6.45, 7) is 0.555. The van der Waals surface area contributed by atoms with Crippen LogP contribution in [0.5, 0.6) is 0 Å². The van der Waals surface area contributed by atoms with Gasteiger partial charge in [-0.3, -0.25) is 15.1 Å². The van der Waals surface area contributed by atoms with Gasteiger partial charge in [-0.15, -0.1) is 0 Å². The largest absolute Gasteiger partial charge is 0.324 e. The minimum absolute atomic E-state index is 0.0298. The first-order valence-electron chi connectivity index (χ1n) is 5.98. The summed E-state index contributed by atoms with van der Waals surface area (Å²) in [6, 6.07) is 11.1. The summed E-state index contributed by atoms with van der Waals surface area (Å²) in [7, 11) is 0. The predicted molar refractivity (Wildman–Crippen MR) is 76.6 cm³/mol. The minimum atomic E-state index is -0.340. The molecule has 0 bridgehead atoms. The summed E-state index contributed by atoms with van der Waals surface area (Å²) in [4.78, 5) is 16.2. The molecular formula is C14H12BrN3O. The predicted octanol–water partition coefficient (Wildman–Crippen LogP) is 2.63. The van der Waals surface area contributed by atoms with Crippen LogP contribution >= 0.6 is 15.9 Å². The number of hydrogen-bond donors (Lipinski definition) is 2. The maximum atomic E-state index is 12.0. The lowest BCUT2D eigenvalue weighted by molar-refractivity contribution is -0.117. The lowest BCUT2D eigenvalue weighted by Gasteiger charge is -2.12. The van der Waals surface area contributed by atoms with Gasteiger partial charge in [-0.2, -0.15) is 0 Å². The van der Waals surface area contributed by atoms with Gasteiger partial charge < -0.3 is 5.32 Å². The number of benzene rings is 1. The first kappa shape index (κ1) is 12.3. The van der Waals surface area contributed by atoms with Crippen LogP contribution in [0.3, 0.4) is 0 Å². The zero-order chi connectivity index (χ0) is 13.2. The number of halogens is 1. The van der Waals surface area contributed by atoms with Crippen molar-refractivity contribution in [2.75, 3.05) is 5.32 Å². The fourth-order valence-electron chi connectivity index (χ4n) is 2.18. The second-order valence-corrected chi connectivity index (χ2v) is 5.18. The van der Waals surface area contributed by atoms with E-state index in [1.165, 1.54) is 0 Å². The molecule has 1 aromatic carbocycles. The highest BCUT2D eigenvalue weighted by atomic mass is 79.9. The van der Waals surface area contributed by atoms with Gasteiger partial charge in [-0.05, 0) is 24.3 Å². The van der Waals surface area contributed by atoms with Gasteiger partial charge in [0.25, 0.3) is 0 Å². The molecule has 0 fully saturated rings. The van der Waals surface area contributed by atoms with Crippen molar-refractivity contribution in [2.45, 2.75) is 12.6 Å². The molecular weight excluding hydrogens is 306 g/mol. The van der Waals surface area contributed by atoms with Crippen molar-refractivity contribution in [1.29, 1.82) is 0 Å². The van der Waals surface area contributed by atoms with Crippen molar-refractivity contribution in [3.05, 3.63) is 58.3 Å². The topological polar surface area (TPSA) is 54.0 Å². The van der Waals surface area contributed by atoms with Crippen LogP contribution in [0.15, 0.2) is 47.1 Å². The second-order valence-electron chi connectivity index (χ2n) is 4.33. The Morgan fingerprint density at radius 3 is 2.95 bits per heavy atom. The standard InChI is InChI=1S/C14H12BrN3O/c15-10-5-3-6-11-12(10)13(14(19)18-11)17-8-9-4-1-2-7-16-9/h1-7,13,17H,8H2,(H,18,19). The number of rotatable bonds is 3. The minimum Gasteiger partial charge on any atom is -0.324 e. The second kappa shape index (κ2) is 5.11. The van der Waals surface area contributed by atoms with Crippen molar-refractivity contribution >= 4 is 27.5 Å². The Bertz CT molecular complexity index is 615. The number of hydrogen-bond acceptors (Lipinski definition) is 3. The molecule has 0 spiro atoms. The average Bonchev–Trinajstić information content (AvgIpc) is 2.75. The summed E-state index contributed by atoms with van der Waals surface area (Å²) in [6.07, 6.45) is 1.75. The maximum absolute atomic E-state index is 12.0. The summed E-state index contributed by atoms with van der Waals surface area (Å²) in [5.41, 5.74) is 2.73. The van der Waals surface area contributed by atoms with E-state index < -0.39 is 0 Å². The Morgan fingerprint density at radius 1 is 1.26 bits per heavy atom. The number of carbonyl (C=O) groups is 1. The first-order chi connectivity index (χ1) is 9.25. The van der Waals surface area contributed by atoms with Gasteiger partial charge in [0.05, 0.1) is 5.69 Å².